The molecule has 0 aliphatic heterocycles. The second-order valence-corrected chi connectivity index (χ2v) is 6.46. The van der Waals surface area contributed by atoms with Crippen LogP contribution in [0.25, 0.3) is 11.4 Å². The van der Waals surface area contributed by atoms with Crippen molar-refractivity contribution in [3.63, 3.8) is 0 Å². The SMILES string of the molecule is ClC(Cl)(Cl)c1nc(-c2cccc(I)c2)no1. The van der Waals surface area contributed by atoms with Crippen LogP contribution in [0.3, 0.4) is 0 Å². The van der Waals surface area contributed by atoms with E-state index in [-0.39, 0.29) is 5.89 Å². The zero-order valence-electron chi connectivity index (χ0n) is 7.62. The monoisotopic (exact) mass is 388 g/mol. The molecule has 0 unspecified atom stereocenters. The maximum absolute atomic E-state index is 5.62. The molecule has 0 saturated carbocycles. The first-order valence-corrected chi connectivity index (χ1v) is 6.35. The van der Waals surface area contributed by atoms with Crippen LogP contribution in [-0.4, -0.2) is 10.1 Å². The first kappa shape index (κ1) is 12.4. The lowest BCUT2D eigenvalue weighted by Gasteiger charge is -2.01. The van der Waals surface area contributed by atoms with E-state index >= 15 is 0 Å². The summed E-state index contributed by atoms with van der Waals surface area (Å²) in [5, 5.41) is 3.75. The van der Waals surface area contributed by atoms with Crippen LogP contribution in [-0.2, 0) is 3.79 Å². The molecule has 0 atom stereocenters. The zero-order valence-corrected chi connectivity index (χ0v) is 12.0. The third kappa shape index (κ3) is 2.80. The van der Waals surface area contributed by atoms with E-state index in [1.807, 2.05) is 24.3 Å². The van der Waals surface area contributed by atoms with Crippen LogP contribution in [0.4, 0.5) is 0 Å². The summed E-state index contributed by atoms with van der Waals surface area (Å²) in [7, 11) is 0. The Morgan fingerprint density at radius 1 is 1.25 bits per heavy atom. The van der Waals surface area contributed by atoms with Crippen LogP contribution in [0.1, 0.15) is 5.89 Å². The van der Waals surface area contributed by atoms with Gasteiger partial charge in [0.25, 0.3) is 9.68 Å². The van der Waals surface area contributed by atoms with E-state index in [1.54, 1.807) is 0 Å². The van der Waals surface area contributed by atoms with Gasteiger partial charge in [-0.15, -0.1) is 0 Å². The Kier molecular flexibility index (Phi) is 3.63. The topological polar surface area (TPSA) is 38.9 Å². The number of nitrogens with zero attached hydrogens (tertiary/aromatic N) is 2. The number of benzene rings is 1. The molecule has 0 saturated heterocycles. The Morgan fingerprint density at radius 2 is 2.00 bits per heavy atom. The fraction of sp³-hybridized carbons (Fsp3) is 0.111. The quantitative estimate of drug-likeness (QED) is 0.543. The number of rotatable bonds is 1. The molecule has 0 spiro atoms. The molecule has 3 nitrogen and oxygen atoms in total. The van der Waals surface area contributed by atoms with Crippen molar-refractivity contribution in [1.29, 1.82) is 0 Å². The molecular weight excluding hydrogens is 385 g/mol. The van der Waals surface area contributed by atoms with Gasteiger partial charge in [-0.3, -0.25) is 0 Å². The first-order valence-electron chi connectivity index (χ1n) is 4.13. The fourth-order valence-electron chi connectivity index (χ4n) is 1.08. The molecule has 7 heteroatoms. The number of aromatic nitrogens is 2. The number of alkyl halides is 3. The van der Waals surface area contributed by atoms with E-state index in [1.165, 1.54) is 0 Å². The van der Waals surface area contributed by atoms with Gasteiger partial charge >= 0.3 is 0 Å². The average Bonchev–Trinajstić information content (AvgIpc) is 2.65. The van der Waals surface area contributed by atoms with Gasteiger partial charge in [0.1, 0.15) is 0 Å². The molecule has 84 valence electrons. The smallest absolute Gasteiger partial charge is 0.279 e. The van der Waals surface area contributed by atoms with Gasteiger partial charge in [-0.05, 0) is 34.7 Å². The van der Waals surface area contributed by atoms with Gasteiger partial charge in [-0.1, -0.05) is 52.1 Å². The molecule has 16 heavy (non-hydrogen) atoms. The van der Waals surface area contributed by atoms with E-state index < -0.39 is 3.79 Å². The van der Waals surface area contributed by atoms with Crippen LogP contribution in [0.5, 0.6) is 0 Å². The molecule has 2 rings (SSSR count). The molecule has 0 N–H and O–H groups in total. The van der Waals surface area contributed by atoms with Crippen molar-refractivity contribution in [2.24, 2.45) is 0 Å². The number of hydrogen-bond donors (Lipinski definition) is 0. The molecule has 0 radical (unpaired) electrons. The fourth-order valence-corrected chi connectivity index (χ4v) is 1.86. The Morgan fingerprint density at radius 3 is 2.56 bits per heavy atom. The van der Waals surface area contributed by atoms with Gasteiger partial charge in [0.2, 0.25) is 5.82 Å². The largest absolute Gasteiger partial charge is 0.334 e. The molecule has 2 aromatic rings. The second kappa shape index (κ2) is 4.68. The van der Waals surface area contributed by atoms with Gasteiger partial charge in [0, 0.05) is 9.13 Å². The zero-order chi connectivity index (χ0) is 11.8. The van der Waals surface area contributed by atoms with E-state index in [0.29, 0.717) is 5.82 Å². The van der Waals surface area contributed by atoms with Crippen LogP contribution in [0, 0.1) is 3.57 Å². The summed E-state index contributed by atoms with van der Waals surface area (Å²) in [6.07, 6.45) is 0. The molecular formula is C9H4Cl3IN2O. The maximum atomic E-state index is 5.62. The summed E-state index contributed by atoms with van der Waals surface area (Å²) in [6, 6.07) is 7.62. The summed E-state index contributed by atoms with van der Waals surface area (Å²) in [6.45, 7) is 0. The summed E-state index contributed by atoms with van der Waals surface area (Å²) in [4.78, 5) is 4.02. The number of halogens is 4. The summed E-state index contributed by atoms with van der Waals surface area (Å²) in [5.41, 5.74) is 0.816. The van der Waals surface area contributed by atoms with Crippen LogP contribution >= 0.6 is 57.4 Å². The predicted molar refractivity (Wildman–Crippen MR) is 71.7 cm³/mol. The highest BCUT2D eigenvalue weighted by Gasteiger charge is 2.30. The maximum Gasteiger partial charge on any atom is 0.279 e. The average molecular weight is 389 g/mol. The van der Waals surface area contributed by atoms with Crippen LogP contribution < -0.4 is 0 Å². The van der Waals surface area contributed by atoms with Crippen molar-refractivity contribution in [1.82, 2.24) is 10.1 Å². The summed E-state index contributed by atoms with van der Waals surface area (Å²) >= 11 is 19.1. The van der Waals surface area contributed by atoms with E-state index in [0.717, 1.165) is 9.13 Å². The highest BCUT2D eigenvalue weighted by Crippen LogP contribution is 2.37. The van der Waals surface area contributed by atoms with Gasteiger partial charge in [-0.2, -0.15) is 4.98 Å². The lowest BCUT2D eigenvalue weighted by molar-refractivity contribution is 0.383. The molecule has 0 fully saturated rings. The molecule has 0 aliphatic carbocycles. The van der Waals surface area contributed by atoms with Crippen molar-refractivity contribution in [3.05, 3.63) is 33.7 Å². The van der Waals surface area contributed by atoms with Gasteiger partial charge in [-0.25, -0.2) is 0 Å². The molecule has 0 bridgehead atoms. The Bertz CT molecular complexity index is 509. The number of hydrogen-bond acceptors (Lipinski definition) is 3. The molecule has 0 aliphatic rings. The van der Waals surface area contributed by atoms with Crippen LogP contribution in [0.2, 0.25) is 0 Å². The summed E-state index contributed by atoms with van der Waals surface area (Å²) in [5.74, 6) is 0.367. The summed E-state index contributed by atoms with van der Waals surface area (Å²) < 4.78 is 4.24. The third-order valence-corrected chi connectivity index (χ3v) is 2.91. The third-order valence-electron chi connectivity index (χ3n) is 1.75. The van der Waals surface area contributed by atoms with Crippen molar-refractivity contribution in [3.8, 4) is 11.4 Å². The minimum Gasteiger partial charge on any atom is -0.334 e. The normalized spacial score (nSPS) is 11.8. The predicted octanol–water partition coefficient (Wildman–Crippen LogP) is 4.17. The second-order valence-electron chi connectivity index (χ2n) is 2.93. The van der Waals surface area contributed by atoms with Crippen molar-refractivity contribution in [2.45, 2.75) is 3.79 Å². The molecule has 0 amide bonds. The van der Waals surface area contributed by atoms with Crippen molar-refractivity contribution >= 4 is 57.4 Å². The Labute approximate surface area is 120 Å². The van der Waals surface area contributed by atoms with Crippen LogP contribution in [0.15, 0.2) is 28.8 Å². The van der Waals surface area contributed by atoms with Gasteiger partial charge in [0.15, 0.2) is 0 Å². The molecule has 1 aromatic carbocycles. The highest BCUT2D eigenvalue weighted by molar-refractivity contribution is 14.1. The Hall–Kier alpha value is -0.0400. The minimum atomic E-state index is -1.69. The Balaban J connectivity index is 2.39. The molecule has 1 heterocycles. The minimum absolute atomic E-state index is 0.0358. The first-order chi connectivity index (χ1) is 7.47. The highest BCUT2D eigenvalue weighted by atomic mass is 127. The lowest BCUT2D eigenvalue weighted by atomic mass is 10.2. The van der Waals surface area contributed by atoms with Gasteiger partial charge in [0.05, 0.1) is 0 Å². The molecule has 1 aromatic heterocycles. The van der Waals surface area contributed by atoms with Gasteiger partial charge < -0.3 is 4.52 Å². The van der Waals surface area contributed by atoms with E-state index in [4.69, 9.17) is 39.3 Å². The van der Waals surface area contributed by atoms with E-state index in [2.05, 4.69) is 32.7 Å². The van der Waals surface area contributed by atoms with Crippen molar-refractivity contribution < 1.29 is 4.52 Å². The lowest BCUT2D eigenvalue weighted by Crippen LogP contribution is -1.99. The van der Waals surface area contributed by atoms with Crippen molar-refractivity contribution in [2.75, 3.05) is 0 Å². The van der Waals surface area contributed by atoms with E-state index in [9.17, 15) is 0 Å². The standard InChI is InChI=1S/C9H4Cl3IN2O/c10-9(11,12)8-14-7(15-16-8)5-2-1-3-6(13)4-5/h1-4H.